The first-order valence-corrected chi connectivity index (χ1v) is 10.6. The maximum atomic E-state index is 12.4. The maximum absolute atomic E-state index is 12.4. The van der Waals surface area contributed by atoms with Gasteiger partial charge in [0.2, 0.25) is 5.76 Å². The highest BCUT2D eigenvalue weighted by atomic mass is 79.9. The van der Waals surface area contributed by atoms with Crippen LogP contribution in [-0.4, -0.2) is 31.1 Å². The molecule has 146 valence electrons. The van der Waals surface area contributed by atoms with Crippen LogP contribution in [-0.2, 0) is 14.3 Å². The van der Waals surface area contributed by atoms with Gasteiger partial charge in [-0.25, -0.2) is 9.59 Å². The van der Waals surface area contributed by atoms with Gasteiger partial charge in [0.25, 0.3) is 5.91 Å². The van der Waals surface area contributed by atoms with E-state index in [1.54, 1.807) is 18.4 Å². The normalized spacial score (nSPS) is 10.5. The summed E-state index contributed by atoms with van der Waals surface area (Å²) >= 11 is 5.76. The molecule has 10 heteroatoms. The molecular weight excluding hydrogens is 470 g/mol. The largest absolute Gasteiger partial charge is 0.462 e. The molecule has 7 nitrogen and oxygen atoms in total. The first kappa shape index (κ1) is 20.3. The molecule has 0 fully saturated rings. The van der Waals surface area contributed by atoms with Gasteiger partial charge in [0.15, 0.2) is 11.3 Å². The Balaban J connectivity index is 1.71. The van der Waals surface area contributed by atoms with Gasteiger partial charge in [0.05, 0.1) is 6.61 Å². The Bertz CT molecular complexity index is 992. The summed E-state index contributed by atoms with van der Waals surface area (Å²) in [6, 6.07) is 6.72. The molecule has 0 atom stereocenters. The number of esters is 2. The molecule has 1 amide bonds. The van der Waals surface area contributed by atoms with E-state index in [0.29, 0.717) is 15.2 Å². The van der Waals surface area contributed by atoms with Gasteiger partial charge in [-0.05, 0) is 46.4 Å². The van der Waals surface area contributed by atoms with E-state index in [4.69, 9.17) is 13.9 Å². The lowest BCUT2D eigenvalue weighted by molar-refractivity contribution is -0.119. The van der Waals surface area contributed by atoms with Crippen LogP contribution in [0.15, 0.2) is 44.1 Å². The number of thiophene rings is 2. The summed E-state index contributed by atoms with van der Waals surface area (Å²) in [6.07, 6.45) is 0. The van der Waals surface area contributed by atoms with E-state index in [2.05, 4.69) is 21.2 Å². The molecule has 0 aliphatic carbocycles. The number of carbonyl (C=O) groups excluding carboxylic acids is 3. The fourth-order valence-electron chi connectivity index (χ4n) is 2.26. The topological polar surface area (TPSA) is 94.8 Å². The number of hydrogen-bond donors (Lipinski definition) is 1. The van der Waals surface area contributed by atoms with Crippen LogP contribution >= 0.6 is 38.6 Å². The van der Waals surface area contributed by atoms with Crippen LogP contribution in [0.3, 0.4) is 0 Å². The summed E-state index contributed by atoms with van der Waals surface area (Å²) in [6.45, 7) is 1.40. The summed E-state index contributed by atoms with van der Waals surface area (Å²) in [4.78, 5) is 37.4. The standard InChI is InChI=1S/C18H14BrNO6S2/c1-2-24-18(23)15-10(12-4-3-7-27-12)9-28-16(15)20-14(21)8-25-17(22)11-5-6-13(19)26-11/h3-7,9H,2,8H2,1H3,(H,20,21). The highest BCUT2D eigenvalue weighted by Gasteiger charge is 2.24. The molecule has 0 saturated carbocycles. The van der Waals surface area contributed by atoms with Gasteiger partial charge in [-0.2, -0.15) is 0 Å². The van der Waals surface area contributed by atoms with Gasteiger partial charge in [0.1, 0.15) is 10.6 Å². The highest BCUT2D eigenvalue weighted by molar-refractivity contribution is 9.10. The van der Waals surface area contributed by atoms with Gasteiger partial charge >= 0.3 is 11.9 Å². The Morgan fingerprint density at radius 3 is 2.61 bits per heavy atom. The Hall–Kier alpha value is -2.43. The SMILES string of the molecule is CCOC(=O)c1c(-c2cccs2)csc1NC(=O)COC(=O)c1ccc(Br)o1. The third-order valence-corrected chi connectivity index (χ3v) is 5.64. The summed E-state index contributed by atoms with van der Waals surface area (Å²) in [5.41, 5.74) is 0.968. The second-order valence-electron chi connectivity index (χ2n) is 5.28. The number of ether oxygens (including phenoxy) is 2. The van der Waals surface area contributed by atoms with Crippen molar-refractivity contribution in [3.8, 4) is 10.4 Å². The summed E-state index contributed by atoms with van der Waals surface area (Å²) in [5, 5.41) is 6.62. The predicted octanol–water partition coefficient (Wildman–Crippen LogP) is 4.80. The molecule has 0 aromatic carbocycles. The van der Waals surface area contributed by atoms with Crippen LogP contribution in [0, 0.1) is 0 Å². The van der Waals surface area contributed by atoms with Gasteiger partial charge in [0, 0.05) is 15.8 Å². The number of hydrogen-bond acceptors (Lipinski definition) is 8. The second-order valence-corrected chi connectivity index (χ2v) is 7.89. The van der Waals surface area contributed by atoms with Gasteiger partial charge in [-0.15, -0.1) is 22.7 Å². The summed E-state index contributed by atoms with van der Waals surface area (Å²) in [5.74, 6) is -1.90. The lowest BCUT2D eigenvalue weighted by Crippen LogP contribution is -2.21. The number of amides is 1. The maximum Gasteiger partial charge on any atom is 0.374 e. The molecular formula is C18H14BrNO6S2. The molecule has 0 saturated heterocycles. The average molecular weight is 484 g/mol. The monoisotopic (exact) mass is 483 g/mol. The van der Waals surface area contributed by atoms with Gasteiger partial charge in [-0.1, -0.05) is 6.07 Å². The summed E-state index contributed by atoms with van der Waals surface area (Å²) in [7, 11) is 0. The quantitative estimate of drug-likeness (QED) is 0.484. The molecule has 0 radical (unpaired) electrons. The zero-order valence-electron chi connectivity index (χ0n) is 14.5. The smallest absolute Gasteiger partial charge is 0.374 e. The van der Waals surface area contributed by atoms with E-state index in [9.17, 15) is 14.4 Å². The number of halogens is 1. The molecule has 0 unspecified atom stereocenters. The molecule has 1 N–H and O–H groups in total. The molecule has 0 aliphatic rings. The first-order chi connectivity index (χ1) is 13.5. The van der Waals surface area contributed by atoms with Crippen LogP contribution in [0.2, 0.25) is 0 Å². The van der Waals surface area contributed by atoms with E-state index in [-0.39, 0.29) is 17.9 Å². The van der Waals surface area contributed by atoms with Crippen molar-refractivity contribution in [3.05, 3.63) is 51.0 Å². The molecule has 3 heterocycles. The number of anilines is 1. The molecule has 0 aliphatic heterocycles. The van der Waals surface area contributed by atoms with Crippen LogP contribution in [0.4, 0.5) is 5.00 Å². The lowest BCUT2D eigenvalue weighted by atomic mass is 10.1. The third-order valence-electron chi connectivity index (χ3n) is 3.42. The van der Waals surface area contributed by atoms with E-state index < -0.39 is 24.5 Å². The fraction of sp³-hybridized carbons (Fsp3) is 0.167. The molecule has 3 rings (SSSR count). The van der Waals surface area contributed by atoms with E-state index >= 15 is 0 Å². The zero-order chi connectivity index (χ0) is 20.1. The van der Waals surface area contributed by atoms with Crippen molar-refractivity contribution in [3.63, 3.8) is 0 Å². The fourth-order valence-corrected chi connectivity index (χ4v) is 4.35. The number of furan rings is 1. The van der Waals surface area contributed by atoms with Gasteiger partial charge in [-0.3, -0.25) is 4.79 Å². The third kappa shape index (κ3) is 4.70. The summed E-state index contributed by atoms with van der Waals surface area (Å²) < 4.78 is 15.5. The van der Waals surface area contributed by atoms with E-state index in [0.717, 1.165) is 4.88 Å². The lowest BCUT2D eigenvalue weighted by Gasteiger charge is -2.08. The molecule has 3 aromatic heterocycles. The molecule has 3 aromatic rings. The van der Waals surface area contributed by atoms with Crippen molar-refractivity contribution in [1.82, 2.24) is 0 Å². The van der Waals surface area contributed by atoms with Crippen molar-refractivity contribution in [2.75, 3.05) is 18.5 Å². The number of nitrogens with one attached hydrogen (secondary N) is 1. The Kier molecular flexibility index (Phi) is 6.65. The van der Waals surface area contributed by atoms with Gasteiger partial charge < -0.3 is 19.2 Å². The molecule has 0 spiro atoms. The van der Waals surface area contributed by atoms with Crippen molar-refractivity contribution in [2.24, 2.45) is 0 Å². The first-order valence-electron chi connectivity index (χ1n) is 8.04. The minimum Gasteiger partial charge on any atom is -0.462 e. The highest BCUT2D eigenvalue weighted by Crippen LogP contribution is 2.38. The van der Waals surface area contributed by atoms with Crippen LogP contribution in [0.25, 0.3) is 10.4 Å². The van der Waals surface area contributed by atoms with Crippen molar-refractivity contribution < 1.29 is 28.3 Å². The Morgan fingerprint density at radius 1 is 1.14 bits per heavy atom. The van der Waals surface area contributed by atoms with Crippen molar-refractivity contribution in [1.29, 1.82) is 0 Å². The molecule has 28 heavy (non-hydrogen) atoms. The average Bonchev–Trinajstić information content (AvgIpc) is 3.40. The Labute approximate surface area is 176 Å². The van der Waals surface area contributed by atoms with Crippen LogP contribution < -0.4 is 5.32 Å². The van der Waals surface area contributed by atoms with Crippen LogP contribution in [0.1, 0.15) is 27.8 Å². The predicted molar refractivity (Wildman–Crippen MR) is 109 cm³/mol. The second kappa shape index (κ2) is 9.18. The zero-order valence-corrected chi connectivity index (χ0v) is 17.7. The van der Waals surface area contributed by atoms with E-state index in [1.807, 2.05) is 17.5 Å². The minimum absolute atomic E-state index is 0.0250. The number of carbonyl (C=O) groups is 3. The minimum atomic E-state index is -0.767. The number of rotatable bonds is 7. The van der Waals surface area contributed by atoms with Crippen molar-refractivity contribution in [2.45, 2.75) is 6.92 Å². The Morgan fingerprint density at radius 2 is 1.96 bits per heavy atom. The van der Waals surface area contributed by atoms with Crippen LogP contribution in [0.5, 0.6) is 0 Å². The molecule has 0 bridgehead atoms. The van der Waals surface area contributed by atoms with E-state index in [1.165, 1.54) is 28.7 Å². The van der Waals surface area contributed by atoms with Crippen molar-refractivity contribution >= 4 is 61.5 Å².